The van der Waals surface area contributed by atoms with E-state index in [0.717, 1.165) is 26.6 Å². The van der Waals surface area contributed by atoms with Crippen molar-refractivity contribution in [3.63, 3.8) is 0 Å². The second kappa shape index (κ2) is 6.43. The number of hydrogen-bond donors (Lipinski definition) is 2. The fourth-order valence-corrected chi connectivity index (χ4v) is 3.00. The van der Waals surface area contributed by atoms with E-state index < -0.39 is 10.2 Å². The zero-order valence-corrected chi connectivity index (χ0v) is 14.7. The summed E-state index contributed by atoms with van der Waals surface area (Å²) in [5.74, 6) is 0.568. The average molecular weight is 361 g/mol. The summed E-state index contributed by atoms with van der Waals surface area (Å²) in [7, 11) is -0.552. The van der Waals surface area contributed by atoms with Crippen LogP contribution in [0.15, 0.2) is 36.5 Å². The van der Waals surface area contributed by atoms with Crippen molar-refractivity contribution in [3.8, 4) is 11.1 Å². The van der Waals surface area contributed by atoms with Gasteiger partial charge in [-0.05, 0) is 22.8 Å². The lowest BCUT2D eigenvalue weighted by Crippen LogP contribution is -2.36. The number of rotatable bonds is 4. The van der Waals surface area contributed by atoms with Crippen LogP contribution in [0.5, 0.6) is 0 Å². The number of nitrogens with zero attached hydrogens (tertiary/aromatic N) is 3. The number of urea groups is 1. The molecule has 0 fully saturated rings. The first-order valence-electron chi connectivity index (χ1n) is 7.59. The van der Waals surface area contributed by atoms with Crippen LogP contribution in [0, 0.1) is 0 Å². The molecule has 0 bridgehead atoms. The van der Waals surface area contributed by atoms with Crippen molar-refractivity contribution >= 4 is 22.1 Å². The van der Waals surface area contributed by atoms with Crippen LogP contribution in [0.3, 0.4) is 0 Å². The van der Waals surface area contributed by atoms with Gasteiger partial charge < -0.3 is 4.90 Å². The summed E-state index contributed by atoms with van der Waals surface area (Å²) in [6, 6.07) is 9.26. The maximum Gasteiger partial charge on any atom is 0.323 e. The van der Waals surface area contributed by atoms with Crippen molar-refractivity contribution in [2.75, 3.05) is 19.4 Å². The molecule has 1 aromatic carbocycles. The van der Waals surface area contributed by atoms with Crippen LogP contribution in [0.25, 0.3) is 11.1 Å². The first kappa shape index (κ1) is 17.3. The Morgan fingerprint density at radius 1 is 1.28 bits per heavy atom. The molecule has 1 aromatic heterocycles. The maximum atomic E-state index is 11.7. The Morgan fingerprint density at radius 2 is 1.96 bits per heavy atom. The molecule has 1 aliphatic heterocycles. The molecule has 2 amide bonds. The fraction of sp³-hybridized carbons (Fsp3) is 0.250. The van der Waals surface area contributed by atoms with Crippen LogP contribution in [0.4, 0.5) is 10.6 Å². The van der Waals surface area contributed by atoms with E-state index in [2.05, 4.69) is 10.3 Å². The third kappa shape index (κ3) is 3.63. The Kier molecular flexibility index (Phi) is 4.46. The van der Waals surface area contributed by atoms with E-state index in [1.165, 1.54) is 7.05 Å². The summed E-state index contributed by atoms with van der Waals surface area (Å²) in [5.41, 5.74) is 3.71. The van der Waals surface area contributed by atoms with Gasteiger partial charge in [-0.15, -0.1) is 0 Å². The van der Waals surface area contributed by atoms with Crippen molar-refractivity contribution in [2.45, 2.75) is 13.1 Å². The Labute approximate surface area is 146 Å². The molecule has 0 atom stereocenters. The third-order valence-corrected chi connectivity index (χ3v) is 5.13. The van der Waals surface area contributed by atoms with Crippen LogP contribution < -0.4 is 10.5 Å². The number of carbonyl (C=O) groups excluding carboxylic acids is 1. The van der Waals surface area contributed by atoms with Gasteiger partial charge in [0.05, 0.1) is 6.54 Å². The van der Waals surface area contributed by atoms with Gasteiger partial charge in [-0.25, -0.2) is 14.9 Å². The Morgan fingerprint density at radius 3 is 2.60 bits per heavy atom. The van der Waals surface area contributed by atoms with E-state index in [4.69, 9.17) is 5.14 Å². The van der Waals surface area contributed by atoms with E-state index in [9.17, 15) is 13.2 Å². The number of pyridine rings is 1. The highest BCUT2D eigenvalue weighted by atomic mass is 32.2. The lowest BCUT2D eigenvalue weighted by Gasteiger charge is -2.27. The summed E-state index contributed by atoms with van der Waals surface area (Å²) < 4.78 is 23.7. The maximum absolute atomic E-state index is 11.7. The smallest absolute Gasteiger partial charge is 0.323 e. The van der Waals surface area contributed by atoms with E-state index >= 15 is 0 Å². The molecule has 9 heteroatoms. The molecule has 0 saturated heterocycles. The minimum absolute atomic E-state index is 0.182. The number of aromatic nitrogens is 1. The highest BCUT2D eigenvalue weighted by Crippen LogP contribution is 2.31. The number of amides is 2. The molecule has 1 aliphatic rings. The minimum Gasteiger partial charge on any atom is -0.323 e. The minimum atomic E-state index is -3.71. The molecular formula is C16H19N5O3S. The van der Waals surface area contributed by atoms with Crippen molar-refractivity contribution in [3.05, 3.63) is 47.7 Å². The van der Waals surface area contributed by atoms with E-state index in [-0.39, 0.29) is 12.6 Å². The zero-order valence-electron chi connectivity index (χ0n) is 13.9. The molecule has 3 N–H and O–H groups in total. The second-order valence-electron chi connectivity index (χ2n) is 5.97. The summed E-state index contributed by atoms with van der Waals surface area (Å²) in [5, 5.41) is 7.86. The largest absolute Gasteiger partial charge is 0.323 e. The molecule has 3 rings (SSSR count). The summed E-state index contributed by atoms with van der Waals surface area (Å²) in [6.45, 7) is 0.673. The molecular weight excluding hydrogens is 342 g/mol. The van der Waals surface area contributed by atoms with Crippen molar-refractivity contribution in [1.82, 2.24) is 14.2 Å². The Hall–Kier alpha value is -2.49. The molecule has 2 heterocycles. The molecule has 0 aliphatic carbocycles. The van der Waals surface area contributed by atoms with Gasteiger partial charge in [0.25, 0.3) is 10.2 Å². The van der Waals surface area contributed by atoms with E-state index in [1.807, 2.05) is 30.3 Å². The second-order valence-corrected chi connectivity index (χ2v) is 7.62. The number of anilines is 1. The first-order chi connectivity index (χ1) is 11.8. The van der Waals surface area contributed by atoms with Crippen LogP contribution >= 0.6 is 0 Å². The normalized spacial score (nSPS) is 14.4. The van der Waals surface area contributed by atoms with Crippen LogP contribution in [0.1, 0.15) is 11.1 Å². The predicted molar refractivity (Wildman–Crippen MR) is 94.7 cm³/mol. The zero-order chi connectivity index (χ0) is 18.2. The van der Waals surface area contributed by atoms with Crippen LogP contribution in [-0.2, 0) is 23.3 Å². The standard InChI is InChI=1S/C16H19N5O3S/c1-20-10-14-13(7-8-18-15(14)19-16(20)22)12-5-3-11(4-6-12)9-21(2)25(17,23)24/h3-8H,9-10H2,1-2H3,(H2,17,23,24)(H,18,19,22). The SMILES string of the molecule is CN1Cc2c(-c3ccc(CN(C)S(N)(=O)=O)cc3)ccnc2NC1=O. The van der Waals surface area contributed by atoms with Gasteiger partial charge in [0, 0.05) is 32.4 Å². The topological polar surface area (TPSA) is 109 Å². The summed E-state index contributed by atoms with van der Waals surface area (Å²) in [6.07, 6.45) is 1.66. The molecule has 8 nitrogen and oxygen atoms in total. The fourth-order valence-electron chi connectivity index (χ4n) is 2.67. The van der Waals surface area contributed by atoms with E-state index in [0.29, 0.717) is 12.4 Å². The monoisotopic (exact) mass is 361 g/mol. The Bertz CT molecular complexity index is 912. The van der Waals surface area contributed by atoms with Crippen LogP contribution in [-0.4, -0.2) is 42.7 Å². The number of nitrogens with one attached hydrogen (secondary N) is 1. The highest BCUT2D eigenvalue weighted by Gasteiger charge is 2.23. The summed E-state index contributed by atoms with van der Waals surface area (Å²) in [4.78, 5) is 17.6. The number of hydrogen-bond acceptors (Lipinski definition) is 4. The molecule has 132 valence electrons. The highest BCUT2D eigenvalue weighted by molar-refractivity contribution is 7.86. The number of nitrogens with two attached hydrogens (primary N) is 1. The van der Waals surface area contributed by atoms with Crippen LogP contribution in [0.2, 0.25) is 0 Å². The van der Waals surface area contributed by atoms with Gasteiger partial charge in [-0.1, -0.05) is 24.3 Å². The third-order valence-electron chi connectivity index (χ3n) is 4.13. The molecule has 25 heavy (non-hydrogen) atoms. The number of fused-ring (bicyclic) bond motifs is 1. The van der Waals surface area contributed by atoms with Gasteiger partial charge in [-0.3, -0.25) is 5.32 Å². The molecule has 2 aromatic rings. The summed E-state index contributed by atoms with van der Waals surface area (Å²) >= 11 is 0. The van der Waals surface area contributed by atoms with Crippen molar-refractivity contribution < 1.29 is 13.2 Å². The first-order valence-corrected chi connectivity index (χ1v) is 9.09. The number of benzene rings is 1. The average Bonchev–Trinajstić information content (AvgIpc) is 2.55. The van der Waals surface area contributed by atoms with Gasteiger partial charge in [0.15, 0.2) is 0 Å². The van der Waals surface area contributed by atoms with Crippen molar-refractivity contribution in [2.24, 2.45) is 5.14 Å². The molecule has 0 saturated carbocycles. The Balaban J connectivity index is 1.89. The molecule has 0 unspecified atom stereocenters. The number of carbonyl (C=O) groups is 1. The van der Waals surface area contributed by atoms with Crippen molar-refractivity contribution in [1.29, 1.82) is 0 Å². The van der Waals surface area contributed by atoms with Gasteiger partial charge in [0.2, 0.25) is 0 Å². The van der Waals surface area contributed by atoms with Gasteiger partial charge in [-0.2, -0.15) is 12.7 Å². The lowest BCUT2D eigenvalue weighted by atomic mass is 9.98. The van der Waals surface area contributed by atoms with Gasteiger partial charge in [0.1, 0.15) is 5.82 Å². The quantitative estimate of drug-likeness (QED) is 0.857. The molecule has 0 radical (unpaired) electrons. The predicted octanol–water partition coefficient (Wildman–Crippen LogP) is 1.36. The lowest BCUT2D eigenvalue weighted by molar-refractivity contribution is 0.218. The van der Waals surface area contributed by atoms with E-state index in [1.54, 1.807) is 18.1 Å². The molecule has 0 spiro atoms. The van der Waals surface area contributed by atoms with Gasteiger partial charge >= 0.3 is 6.03 Å².